The molecule has 98 valence electrons. The van der Waals surface area contributed by atoms with Gasteiger partial charge in [0.25, 0.3) is 0 Å². The van der Waals surface area contributed by atoms with Crippen LogP contribution in [-0.4, -0.2) is 40.8 Å². The maximum absolute atomic E-state index is 5.80. The van der Waals surface area contributed by atoms with Crippen LogP contribution in [0.3, 0.4) is 0 Å². The Morgan fingerprint density at radius 3 is 2.89 bits per heavy atom. The Balaban J connectivity index is 2.25. The van der Waals surface area contributed by atoms with E-state index in [9.17, 15) is 0 Å². The molecular formula is C12H17IN4S. The van der Waals surface area contributed by atoms with Crippen LogP contribution in [0, 0.1) is 0 Å². The number of benzene rings is 1. The van der Waals surface area contributed by atoms with Crippen LogP contribution in [0.2, 0.25) is 0 Å². The van der Waals surface area contributed by atoms with Crippen LogP contribution in [0.1, 0.15) is 5.56 Å². The second kappa shape index (κ2) is 6.23. The van der Waals surface area contributed by atoms with Gasteiger partial charge in [0, 0.05) is 48.3 Å². The van der Waals surface area contributed by atoms with Gasteiger partial charge in [-0.3, -0.25) is 0 Å². The molecule has 0 saturated carbocycles. The first-order chi connectivity index (χ1) is 8.65. The number of rotatable bonds is 5. The van der Waals surface area contributed by atoms with Gasteiger partial charge in [-0.15, -0.1) is 0 Å². The standard InChI is InChI=1S/C12H17IN4S/c1-16(2)11(7-14)6-9-3-4-12-10(5-9)8-15-17(12)18-13/h3-5,8,11H,6-7,14H2,1-2H3/t11-/m0/s1. The smallest absolute Gasteiger partial charge is 0.0820 e. The van der Waals surface area contributed by atoms with Gasteiger partial charge in [0.1, 0.15) is 0 Å². The minimum absolute atomic E-state index is 0.386. The van der Waals surface area contributed by atoms with Crippen LogP contribution in [0.15, 0.2) is 24.4 Å². The molecule has 0 unspecified atom stereocenters. The molecule has 0 spiro atoms. The summed E-state index contributed by atoms with van der Waals surface area (Å²) in [4.78, 5) is 2.17. The predicted octanol–water partition coefficient (Wildman–Crippen LogP) is 2.31. The fraction of sp³-hybridized carbons (Fsp3) is 0.417. The molecule has 6 heteroatoms. The maximum atomic E-state index is 5.80. The SMILES string of the molecule is CN(C)[C@H](CN)Cc1ccc2c(cnn2SI)c1. The van der Waals surface area contributed by atoms with E-state index in [0.29, 0.717) is 12.6 Å². The number of fused-ring (bicyclic) bond motifs is 1. The van der Waals surface area contributed by atoms with Gasteiger partial charge in [-0.05, 0) is 38.2 Å². The van der Waals surface area contributed by atoms with Crippen molar-refractivity contribution in [3.8, 4) is 0 Å². The Bertz CT molecular complexity index is 526. The molecule has 2 aromatic rings. The number of halogens is 1. The van der Waals surface area contributed by atoms with Crippen molar-refractivity contribution in [2.75, 3.05) is 20.6 Å². The number of hydrogen-bond acceptors (Lipinski definition) is 4. The maximum Gasteiger partial charge on any atom is 0.0820 e. The van der Waals surface area contributed by atoms with E-state index in [2.05, 4.69) is 63.5 Å². The molecule has 18 heavy (non-hydrogen) atoms. The zero-order valence-corrected chi connectivity index (χ0v) is 13.5. The summed E-state index contributed by atoms with van der Waals surface area (Å²) in [6, 6.07) is 6.89. The fourth-order valence-corrected chi connectivity index (χ4v) is 3.25. The zero-order valence-electron chi connectivity index (χ0n) is 10.5. The van der Waals surface area contributed by atoms with Gasteiger partial charge in [0.15, 0.2) is 0 Å². The monoisotopic (exact) mass is 376 g/mol. The number of nitrogens with two attached hydrogens (primary N) is 1. The van der Waals surface area contributed by atoms with Crippen LogP contribution >= 0.6 is 30.3 Å². The number of hydrogen-bond donors (Lipinski definition) is 1. The van der Waals surface area contributed by atoms with Gasteiger partial charge in [0.05, 0.1) is 11.7 Å². The molecule has 0 bridgehead atoms. The van der Waals surface area contributed by atoms with Gasteiger partial charge in [-0.1, -0.05) is 6.07 Å². The average molecular weight is 376 g/mol. The van der Waals surface area contributed by atoms with Crippen molar-refractivity contribution in [3.05, 3.63) is 30.0 Å². The van der Waals surface area contributed by atoms with Gasteiger partial charge >= 0.3 is 0 Å². The van der Waals surface area contributed by atoms with Crippen molar-refractivity contribution in [1.82, 2.24) is 14.1 Å². The van der Waals surface area contributed by atoms with E-state index in [-0.39, 0.29) is 0 Å². The Hall–Kier alpha value is -0.310. The number of nitrogens with zero attached hydrogens (tertiary/aromatic N) is 3. The second-order valence-electron chi connectivity index (χ2n) is 4.54. The van der Waals surface area contributed by atoms with E-state index < -0.39 is 0 Å². The molecule has 0 fully saturated rings. The fourth-order valence-electron chi connectivity index (χ4n) is 1.99. The molecule has 1 atom stereocenters. The predicted molar refractivity (Wildman–Crippen MR) is 87.0 cm³/mol. The second-order valence-corrected chi connectivity index (χ2v) is 6.20. The van der Waals surface area contributed by atoms with Crippen LogP contribution in [0.4, 0.5) is 0 Å². The van der Waals surface area contributed by atoms with E-state index in [0.717, 1.165) is 11.9 Å². The van der Waals surface area contributed by atoms with Crippen LogP contribution in [0.5, 0.6) is 0 Å². The summed E-state index contributed by atoms with van der Waals surface area (Å²) in [7, 11) is 5.72. The van der Waals surface area contributed by atoms with E-state index in [1.54, 1.807) is 9.12 Å². The molecular weight excluding hydrogens is 359 g/mol. The van der Waals surface area contributed by atoms with E-state index in [4.69, 9.17) is 5.73 Å². The molecule has 0 aliphatic rings. The van der Waals surface area contributed by atoms with E-state index in [1.807, 2.05) is 10.3 Å². The summed E-state index contributed by atoms with van der Waals surface area (Å²) in [5.41, 5.74) is 8.27. The summed E-state index contributed by atoms with van der Waals surface area (Å²) in [5, 5.41) is 5.51. The molecule has 0 aliphatic carbocycles. The molecule has 0 aliphatic heterocycles. The molecule has 0 radical (unpaired) electrons. The summed E-state index contributed by atoms with van der Waals surface area (Å²) in [5.74, 6) is 0. The lowest BCUT2D eigenvalue weighted by Gasteiger charge is -2.22. The lowest BCUT2D eigenvalue weighted by atomic mass is 10.0. The highest BCUT2D eigenvalue weighted by molar-refractivity contribution is 14.2. The Labute approximate surface area is 124 Å². The Morgan fingerprint density at radius 1 is 1.50 bits per heavy atom. The van der Waals surface area contributed by atoms with Crippen LogP contribution < -0.4 is 5.73 Å². The lowest BCUT2D eigenvalue weighted by Crippen LogP contribution is -2.36. The van der Waals surface area contributed by atoms with Gasteiger partial charge in [0.2, 0.25) is 0 Å². The van der Waals surface area contributed by atoms with Crippen molar-refractivity contribution >= 4 is 41.2 Å². The third-order valence-corrected chi connectivity index (χ3v) is 4.68. The van der Waals surface area contributed by atoms with Crippen molar-refractivity contribution in [2.45, 2.75) is 12.5 Å². The van der Waals surface area contributed by atoms with E-state index in [1.165, 1.54) is 10.9 Å². The van der Waals surface area contributed by atoms with Gasteiger partial charge < -0.3 is 10.6 Å². The molecule has 0 saturated heterocycles. The highest BCUT2D eigenvalue weighted by atomic mass is 127. The Morgan fingerprint density at radius 2 is 2.28 bits per heavy atom. The van der Waals surface area contributed by atoms with Crippen LogP contribution in [0.25, 0.3) is 10.9 Å². The highest BCUT2D eigenvalue weighted by Gasteiger charge is 2.11. The molecule has 4 nitrogen and oxygen atoms in total. The zero-order chi connectivity index (χ0) is 13.1. The number of aromatic nitrogens is 2. The minimum atomic E-state index is 0.386. The minimum Gasteiger partial charge on any atom is -0.329 e. The largest absolute Gasteiger partial charge is 0.329 e. The molecule has 2 rings (SSSR count). The quantitative estimate of drug-likeness (QED) is 0.814. The van der Waals surface area contributed by atoms with Gasteiger partial charge in [-0.25, -0.2) is 0 Å². The van der Waals surface area contributed by atoms with Crippen molar-refractivity contribution in [2.24, 2.45) is 5.73 Å². The third kappa shape index (κ3) is 2.98. The molecule has 1 aromatic carbocycles. The first kappa shape index (κ1) is 14.1. The average Bonchev–Trinajstić information content (AvgIpc) is 2.77. The summed E-state index contributed by atoms with van der Waals surface area (Å²) in [6.45, 7) is 0.675. The summed E-state index contributed by atoms with van der Waals surface area (Å²) < 4.78 is 1.92. The first-order valence-electron chi connectivity index (χ1n) is 5.78. The molecule has 0 amide bonds. The van der Waals surface area contributed by atoms with Crippen molar-refractivity contribution in [3.63, 3.8) is 0 Å². The summed E-state index contributed by atoms with van der Waals surface area (Å²) in [6.07, 6.45) is 2.89. The van der Waals surface area contributed by atoms with Crippen molar-refractivity contribution in [1.29, 1.82) is 0 Å². The normalized spacial score (nSPS) is 13.4. The topological polar surface area (TPSA) is 47.1 Å². The van der Waals surface area contributed by atoms with E-state index >= 15 is 0 Å². The van der Waals surface area contributed by atoms with Gasteiger partial charge in [-0.2, -0.15) is 9.19 Å². The van der Waals surface area contributed by atoms with Crippen LogP contribution in [-0.2, 0) is 6.42 Å². The Kier molecular flexibility index (Phi) is 4.88. The first-order valence-corrected chi connectivity index (χ1v) is 9.09. The summed E-state index contributed by atoms with van der Waals surface area (Å²) >= 11 is 2.24. The highest BCUT2D eigenvalue weighted by Crippen LogP contribution is 2.23. The third-order valence-electron chi connectivity index (χ3n) is 3.14. The lowest BCUT2D eigenvalue weighted by molar-refractivity contribution is 0.298. The number of likely N-dealkylation sites (N-methyl/N-ethyl adjacent to an activating group) is 1. The van der Waals surface area contributed by atoms with Crippen molar-refractivity contribution < 1.29 is 0 Å². The molecule has 1 heterocycles. The molecule has 1 aromatic heterocycles. The molecule has 2 N–H and O–H groups in total.